The second-order valence-corrected chi connectivity index (χ2v) is 7.83. The Morgan fingerprint density at radius 2 is 1.92 bits per heavy atom. The van der Waals surface area contributed by atoms with Gasteiger partial charge in [0.1, 0.15) is 0 Å². The number of hydrogen-bond donors (Lipinski definition) is 0. The molecule has 25 heavy (non-hydrogen) atoms. The quantitative estimate of drug-likeness (QED) is 0.706. The molecule has 1 saturated heterocycles. The second kappa shape index (κ2) is 7.18. The molecule has 1 atom stereocenters. The maximum Gasteiger partial charge on any atom is 0.392 e. The van der Waals surface area contributed by atoms with Crippen molar-refractivity contribution in [3.05, 3.63) is 34.9 Å². The average Bonchev–Trinajstić information content (AvgIpc) is 2.53. The van der Waals surface area contributed by atoms with E-state index in [0.717, 1.165) is 18.4 Å². The Bertz CT molecular complexity index is 610. The van der Waals surface area contributed by atoms with Gasteiger partial charge in [-0.1, -0.05) is 30.2 Å². The molecule has 2 aliphatic rings. The zero-order valence-corrected chi connectivity index (χ0v) is 14.9. The van der Waals surface area contributed by atoms with Crippen molar-refractivity contribution in [1.82, 2.24) is 4.90 Å². The van der Waals surface area contributed by atoms with Crippen molar-refractivity contribution in [2.45, 2.75) is 51.1 Å². The Labute approximate surface area is 151 Å². The Morgan fingerprint density at radius 3 is 2.48 bits per heavy atom. The molecular weight excluding hydrogens is 351 g/mol. The molecule has 3 rings (SSSR count). The summed E-state index contributed by atoms with van der Waals surface area (Å²) < 4.78 is 39.9. The molecule has 6 heteroatoms. The van der Waals surface area contributed by atoms with Crippen molar-refractivity contribution in [2.75, 3.05) is 13.1 Å². The molecule has 1 spiro atoms. The van der Waals surface area contributed by atoms with E-state index < -0.39 is 17.5 Å². The highest BCUT2D eigenvalue weighted by Gasteiger charge is 2.58. The van der Waals surface area contributed by atoms with Crippen LogP contribution in [-0.2, 0) is 11.2 Å². The summed E-state index contributed by atoms with van der Waals surface area (Å²) in [6, 6.07) is 7.51. The standard InChI is InChI=1S/C19H23ClF3NO/c20-15-7-5-14(6-8-15)3-1-4-17(25)24-12-9-16(19(21,22)23)18(13-24)10-2-11-18/h5-8,16H,1-4,9-13H2. The predicted molar refractivity (Wildman–Crippen MR) is 91.4 cm³/mol. The number of amides is 1. The molecule has 2 nitrogen and oxygen atoms in total. The first-order valence-electron chi connectivity index (χ1n) is 8.89. The minimum Gasteiger partial charge on any atom is -0.342 e. The van der Waals surface area contributed by atoms with Crippen LogP contribution in [0.2, 0.25) is 5.02 Å². The molecule has 1 unspecified atom stereocenters. The molecule has 1 amide bonds. The van der Waals surface area contributed by atoms with Crippen LogP contribution in [0.5, 0.6) is 0 Å². The van der Waals surface area contributed by atoms with Crippen LogP contribution in [0.15, 0.2) is 24.3 Å². The summed E-state index contributed by atoms with van der Waals surface area (Å²) in [5, 5.41) is 0.679. The molecule has 1 aromatic carbocycles. The summed E-state index contributed by atoms with van der Waals surface area (Å²) in [6.07, 6.45) is -0.228. The number of carbonyl (C=O) groups excluding carboxylic acids is 1. The third-order valence-corrected chi connectivity index (χ3v) is 6.05. The number of alkyl halides is 3. The van der Waals surface area contributed by atoms with E-state index >= 15 is 0 Å². The predicted octanol–water partition coefficient (Wildman–Crippen LogP) is 5.24. The van der Waals surface area contributed by atoms with E-state index in [-0.39, 0.29) is 25.4 Å². The Hall–Kier alpha value is -1.23. The van der Waals surface area contributed by atoms with Crippen LogP contribution in [-0.4, -0.2) is 30.1 Å². The van der Waals surface area contributed by atoms with Gasteiger partial charge in [0.05, 0.1) is 5.92 Å². The third-order valence-electron chi connectivity index (χ3n) is 5.80. The van der Waals surface area contributed by atoms with Crippen molar-refractivity contribution in [3.63, 3.8) is 0 Å². The van der Waals surface area contributed by atoms with Crippen molar-refractivity contribution < 1.29 is 18.0 Å². The number of rotatable bonds is 4. The molecule has 1 saturated carbocycles. The van der Waals surface area contributed by atoms with Gasteiger partial charge in [0.2, 0.25) is 5.91 Å². The fraction of sp³-hybridized carbons (Fsp3) is 0.632. The minimum atomic E-state index is -4.15. The SMILES string of the molecule is O=C(CCCc1ccc(Cl)cc1)N1CCC(C(F)(F)F)C2(CCC2)C1. The van der Waals surface area contributed by atoms with E-state index in [2.05, 4.69) is 0 Å². The molecule has 1 aliphatic carbocycles. The number of aryl methyl sites for hydroxylation is 1. The molecule has 0 N–H and O–H groups in total. The first-order chi connectivity index (χ1) is 11.8. The van der Waals surface area contributed by atoms with Crippen LogP contribution >= 0.6 is 11.6 Å². The normalized spacial score (nSPS) is 22.7. The second-order valence-electron chi connectivity index (χ2n) is 7.39. The first kappa shape index (κ1) is 18.6. The number of likely N-dealkylation sites (tertiary alicyclic amines) is 1. The monoisotopic (exact) mass is 373 g/mol. The lowest BCUT2D eigenvalue weighted by Gasteiger charge is -2.54. The molecule has 138 valence electrons. The smallest absolute Gasteiger partial charge is 0.342 e. The van der Waals surface area contributed by atoms with Crippen LogP contribution in [0.3, 0.4) is 0 Å². The lowest BCUT2D eigenvalue weighted by Crippen LogP contribution is -2.57. The van der Waals surface area contributed by atoms with Gasteiger partial charge in [-0.15, -0.1) is 0 Å². The summed E-state index contributed by atoms with van der Waals surface area (Å²) in [5.41, 5.74) is 0.394. The number of carbonyl (C=O) groups is 1. The zero-order valence-electron chi connectivity index (χ0n) is 14.1. The van der Waals surface area contributed by atoms with E-state index in [1.807, 2.05) is 24.3 Å². The number of nitrogens with zero attached hydrogens (tertiary/aromatic N) is 1. The fourth-order valence-corrected chi connectivity index (χ4v) is 4.40. The van der Waals surface area contributed by atoms with Crippen molar-refractivity contribution in [1.29, 1.82) is 0 Å². The van der Waals surface area contributed by atoms with Gasteiger partial charge in [-0.05, 0) is 55.2 Å². The van der Waals surface area contributed by atoms with Gasteiger partial charge in [-0.2, -0.15) is 13.2 Å². The highest BCUT2D eigenvalue weighted by atomic mass is 35.5. The van der Waals surface area contributed by atoms with Crippen LogP contribution in [0.25, 0.3) is 0 Å². The summed E-state index contributed by atoms with van der Waals surface area (Å²) in [4.78, 5) is 14.1. The molecule has 1 aromatic rings. The Morgan fingerprint density at radius 1 is 1.24 bits per heavy atom. The lowest BCUT2D eigenvalue weighted by molar-refractivity contribution is -0.237. The maximum absolute atomic E-state index is 13.3. The minimum absolute atomic E-state index is 0.0131. The molecule has 1 heterocycles. The third kappa shape index (κ3) is 4.13. The van der Waals surface area contributed by atoms with Gasteiger partial charge in [-0.25, -0.2) is 0 Å². The number of benzene rings is 1. The Balaban J connectivity index is 1.52. The van der Waals surface area contributed by atoms with Crippen LogP contribution in [0.1, 0.15) is 44.1 Å². The molecule has 2 fully saturated rings. The largest absolute Gasteiger partial charge is 0.392 e. The summed E-state index contributed by atoms with van der Waals surface area (Å²) in [7, 11) is 0. The van der Waals surface area contributed by atoms with Gasteiger partial charge >= 0.3 is 6.18 Å². The molecular formula is C19H23ClF3NO. The highest BCUT2D eigenvalue weighted by Crippen LogP contribution is 2.56. The van der Waals surface area contributed by atoms with Crippen molar-refractivity contribution in [2.24, 2.45) is 11.3 Å². The van der Waals surface area contributed by atoms with Gasteiger partial charge in [0.25, 0.3) is 0 Å². The van der Waals surface area contributed by atoms with Gasteiger partial charge < -0.3 is 4.90 Å². The Kier molecular flexibility index (Phi) is 5.33. The van der Waals surface area contributed by atoms with Crippen LogP contribution in [0.4, 0.5) is 13.2 Å². The average molecular weight is 374 g/mol. The molecule has 0 aromatic heterocycles. The van der Waals surface area contributed by atoms with Gasteiger partial charge in [-0.3, -0.25) is 4.79 Å². The number of halogens is 4. The first-order valence-corrected chi connectivity index (χ1v) is 9.27. The lowest BCUT2D eigenvalue weighted by atomic mass is 9.58. The van der Waals surface area contributed by atoms with Gasteiger partial charge in [0.15, 0.2) is 0 Å². The maximum atomic E-state index is 13.3. The van der Waals surface area contributed by atoms with Gasteiger partial charge in [0, 0.05) is 24.5 Å². The van der Waals surface area contributed by atoms with Crippen molar-refractivity contribution >= 4 is 17.5 Å². The fourth-order valence-electron chi connectivity index (χ4n) is 4.27. The number of hydrogen-bond acceptors (Lipinski definition) is 1. The topological polar surface area (TPSA) is 20.3 Å². The van der Waals surface area contributed by atoms with Crippen LogP contribution < -0.4 is 0 Å². The van der Waals surface area contributed by atoms with Crippen molar-refractivity contribution in [3.8, 4) is 0 Å². The van der Waals surface area contributed by atoms with E-state index in [1.165, 1.54) is 0 Å². The van der Waals surface area contributed by atoms with E-state index in [0.29, 0.717) is 30.7 Å². The molecule has 0 bridgehead atoms. The van der Waals surface area contributed by atoms with E-state index in [1.54, 1.807) is 4.90 Å². The van der Waals surface area contributed by atoms with E-state index in [4.69, 9.17) is 11.6 Å². The summed E-state index contributed by atoms with van der Waals surface area (Å²) >= 11 is 5.85. The number of piperidine rings is 1. The summed E-state index contributed by atoms with van der Waals surface area (Å²) in [6.45, 7) is 0.503. The van der Waals surface area contributed by atoms with Crippen LogP contribution in [0, 0.1) is 11.3 Å². The van der Waals surface area contributed by atoms with E-state index in [9.17, 15) is 18.0 Å². The summed E-state index contributed by atoms with van der Waals surface area (Å²) in [5.74, 6) is -1.26. The molecule has 1 aliphatic heterocycles. The zero-order chi connectivity index (χ0) is 18.1. The molecule has 0 radical (unpaired) electrons. The highest BCUT2D eigenvalue weighted by molar-refractivity contribution is 6.30.